The minimum atomic E-state index is -3.09. The Labute approximate surface area is 103 Å². The maximum atomic E-state index is 11.8. The van der Waals surface area contributed by atoms with E-state index in [1.165, 1.54) is 0 Å². The van der Waals surface area contributed by atoms with E-state index in [0.29, 0.717) is 4.90 Å². The smallest absolute Gasteiger partial charge is 0.178 e. The van der Waals surface area contributed by atoms with Gasteiger partial charge >= 0.3 is 0 Å². The molecule has 1 aromatic carbocycles. The minimum absolute atomic E-state index is 0.162. The Morgan fingerprint density at radius 1 is 1.35 bits per heavy atom. The SMILES string of the molecule is CCS(=O)(=O)c1cccc(C2(CNC)CC2)c1. The Morgan fingerprint density at radius 2 is 2.06 bits per heavy atom. The van der Waals surface area contributed by atoms with E-state index < -0.39 is 9.84 Å². The summed E-state index contributed by atoms with van der Waals surface area (Å²) in [6.07, 6.45) is 2.28. The molecular formula is C13H19NO2S. The third-order valence-electron chi connectivity index (χ3n) is 3.55. The minimum Gasteiger partial charge on any atom is -0.319 e. The molecule has 0 unspecified atom stereocenters. The summed E-state index contributed by atoms with van der Waals surface area (Å²) in [4.78, 5) is 0.458. The van der Waals surface area contributed by atoms with Crippen LogP contribution in [0, 0.1) is 0 Å². The summed E-state index contributed by atoms with van der Waals surface area (Å²) in [5.41, 5.74) is 1.33. The van der Waals surface area contributed by atoms with Crippen LogP contribution in [0.25, 0.3) is 0 Å². The number of nitrogens with one attached hydrogen (secondary N) is 1. The van der Waals surface area contributed by atoms with Crippen LogP contribution in [0.2, 0.25) is 0 Å². The molecule has 0 heterocycles. The van der Waals surface area contributed by atoms with Crippen LogP contribution in [0.5, 0.6) is 0 Å². The van der Waals surface area contributed by atoms with Gasteiger partial charge in [-0.15, -0.1) is 0 Å². The number of sulfone groups is 1. The predicted octanol–water partition coefficient (Wildman–Crippen LogP) is 1.73. The van der Waals surface area contributed by atoms with Gasteiger partial charge in [-0.25, -0.2) is 8.42 Å². The van der Waals surface area contributed by atoms with Gasteiger partial charge in [0.05, 0.1) is 10.6 Å². The standard InChI is InChI=1S/C13H19NO2S/c1-3-17(15,16)12-6-4-5-11(9-12)13(7-8-13)10-14-2/h4-6,9,14H,3,7-8,10H2,1-2H3. The van der Waals surface area contributed by atoms with Crippen LogP contribution in [0.1, 0.15) is 25.3 Å². The van der Waals surface area contributed by atoms with Crippen molar-refractivity contribution < 1.29 is 8.42 Å². The molecule has 0 radical (unpaired) electrons. The molecule has 0 atom stereocenters. The van der Waals surface area contributed by atoms with Crippen molar-refractivity contribution >= 4 is 9.84 Å². The maximum absolute atomic E-state index is 11.8. The monoisotopic (exact) mass is 253 g/mol. The van der Waals surface area contributed by atoms with Crippen LogP contribution >= 0.6 is 0 Å². The Morgan fingerprint density at radius 3 is 2.59 bits per heavy atom. The highest BCUT2D eigenvalue weighted by Gasteiger charge is 2.43. The molecule has 1 fully saturated rings. The number of likely N-dealkylation sites (N-methyl/N-ethyl adjacent to an activating group) is 1. The first kappa shape index (κ1) is 12.6. The van der Waals surface area contributed by atoms with Crippen molar-refractivity contribution in [2.75, 3.05) is 19.3 Å². The summed E-state index contributed by atoms with van der Waals surface area (Å²) in [6, 6.07) is 7.44. The Bertz CT molecular complexity index is 504. The van der Waals surface area contributed by atoms with Gasteiger partial charge < -0.3 is 5.32 Å². The topological polar surface area (TPSA) is 46.2 Å². The first-order valence-electron chi connectivity index (χ1n) is 6.02. The van der Waals surface area contributed by atoms with Crippen molar-refractivity contribution in [2.45, 2.75) is 30.1 Å². The first-order chi connectivity index (χ1) is 8.04. The van der Waals surface area contributed by atoms with Crippen molar-refractivity contribution in [1.29, 1.82) is 0 Å². The summed E-state index contributed by atoms with van der Waals surface area (Å²) in [5.74, 6) is 0.162. The molecule has 2 rings (SSSR count). The van der Waals surface area contributed by atoms with E-state index in [1.54, 1.807) is 13.0 Å². The average Bonchev–Trinajstić information content (AvgIpc) is 3.11. The summed E-state index contributed by atoms with van der Waals surface area (Å²) in [7, 11) is -1.15. The zero-order valence-corrected chi connectivity index (χ0v) is 11.2. The lowest BCUT2D eigenvalue weighted by Gasteiger charge is -2.16. The molecule has 1 saturated carbocycles. The van der Waals surface area contributed by atoms with E-state index in [-0.39, 0.29) is 11.2 Å². The Balaban J connectivity index is 2.36. The van der Waals surface area contributed by atoms with Crippen molar-refractivity contribution in [3.63, 3.8) is 0 Å². The van der Waals surface area contributed by atoms with Crippen molar-refractivity contribution in [3.05, 3.63) is 29.8 Å². The molecule has 0 aliphatic heterocycles. The summed E-state index contributed by atoms with van der Waals surface area (Å²) >= 11 is 0. The summed E-state index contributed by atoms with van der Waals surface area (Å²) in [6.45, 7) is 2.60. The largest absolute Gasteiger partial charge is 0.319 e. The van der Waals surface area contributed by atoms with Gasteiger partial charge in [-0.05, 0) is 37.6 Å². The molecule has 0 saturated heterocycles. The van der Waals surface area contributed by atoms with Crippen LogP contribution < -0.4 is 5.32 Å². The van der Waals surface area contributed by atoms with Crippen LogP contribution in [0.4, 0.5) is 0 Å². The third kappa shape index (κ3) is 2.38. The fourth-order valence-corrected chi connectivity index (χ4v) is 3.17. The molecule has 17 heavy (non-hydrogen) atoms. The summed E-state index contributed by atoms with van der Waals surface area (Å²) < 4.78 is 23.7. The van der Waals surface area contributed by atoms with Gasteiger partial charge in [0.15, 0.2) is 9.84 Å². The van der Waals surface area contributed by atoms with Crippen molar-refractivity contribution in [1.82, 2.24) is 5.32 Å². The molecule has 4 heteroatoms. The van der Waals surface area contributed by atoms with E-state index in [2.05, 4.69) is 5.32 Å². The molecule has 0 bridgehead atoms. The number of hydrogen-bond acceptors (Lipinski definition) is 3. The zero-order valence-electron chi connectivity index (χ0n) is 10.4. The molecule has 0 aromatic heterocycles. The highest BCUT2D eigenvalue weighted by molar-refractivity contribution is 7.91. The molecule has 0 amide bonds. The van der Waals surface area contributed by atoms with Crippen molar-refractivity contribution in [2.24, 2.45) is 0 Å². The van der Waals surface area contributed by atoms with Crippen LogP contribution in [-0.2, 0) is 15.3 Å². The zero-order chi connectivity index (χ0) is 12.5. The molecule has 0 spiro atoms. The van der Waals surface area contributed by atoms with E-state index in [0.717, 1.165) is 24.9 Å². The fraction of sp³-hybridized carbons (Fsp3) is 0.538. The lowest BCUT2D eigenvalue weighted by atomic mass is 9.96. The number of hydrogen-bond donors (Lipinski definition) is 1. The van der Waals surface area contributed by atoms with E-state index >= 15 is 0 Å². The van der Waals surface area contributed by atoms with E-state index in [9.17, 15) is 8.42 Å². The second-order valence-corrected chi connectivity index (χ2v) is 7.02. The van der Waals surface area contributed by atoms with Gasteiger partial charge in [-0.3, -0.25) is 0 Å². The van der Waals surface area contributed by atoms with Crippen LogP contribution in [-0.4, -0.2) is 27.8 Å². The molecule has 1 aliphatic rings. The van der Waals surface area contributed by atoms with Gasteiger partial charge in [0.2, 0.25) is 0 Å². The van der Waals surface area contributed by atoms with Crippen molar-refractivity contribution in [3.8, 4) is 0 Å². The molecule has 1 aliphatic carbocycles. The van der Waals surface area contributed by atoms with E-state index in [1.807, 2.05) is 25.2 Å². The van der Waals surface area contributed by atoms with Gasteiger partial charge in [0.1, 0.15) is 0 Å². The molecule has 94 valence electrons. The highest BCUT2D eigenvalue weighted by atomic mass is 32.2. The normalized spacial score (nSPS) is 18.0. The Kier molecular flexibility index (Phi) is 3.27. The number of benzene rings is 1. The van der Waals surface area contributed by atoms with Crippen LogP contribution in [0.15, 0.2) is 29.2 Å². The first-order valence-corrected chi connectivity index (χ1v) is 7.67. The van der Waals surface area contributed by atoms with E-state index in [4.69, 9.17) is 0 Å². The van der Waals surface area contributed by atoms with Gasteiger partial charge in [-0.2, -0.15) is 0 Å². The quantitative estimate of drug-likeness (QED) is 0.869. The second-order valence-electron chi connectivity index (χ2n) is 4.74. The lowest BCUT2D eigenvalue weighted by Crippen LogP contribution is -2.23. The third-order valence-corrected chi connectivity index (χ3v) is 5.29. The summed E-state index contributed by atoms with van der Waals surface area (Å²) in [5, 5.41) is 3.19. The molecule has 3 nitrogen and oxygen atoms in total. The lowest BCUT2D eigenvalue weighted by molar-refractivity contribution is 0.595. The average molecular weight is 253 g/mol. The highest BCUT2D eigenvalue weighted by Crippen LogP contribution is 2.47. The van der Waals surface area contributed by atoms with Gasteiger partial charge in [-0.1, -0.05) is 19.1 Å². The van der Waals surface area contributed by atoms with Gasteiger partial charge in [0.25, 0.3) is 0 Å². The molecule has 1 aromatic rings. The van der Waals surface area contributed by atoms with Crippen LogP contribution in [0.3, 0.4) is 0 Å². The van der Waals surface area contributed by atoms with Gasteiger partial charge in [0, 0.05) is 12.0 Å². The fourth-order valence-electron chi connectivity index (χ4n) is 2.24. The predicted molar refractivity (Wildman–Crippen MR) is 69.0 cm³/mol. The molecule has 1 N–H and O–H groups in total. The Hall–Kier alpha value is -0.870. The molecular weight excluding hydrogens is 234 g/mol. The maximum Gasteiger partial charge on any atom is 0.178 e. The number of rotatable bonds is 5. The second kappa shape index (κ2) is 4.42.